The summed E-state index contributed by atoms with van der Waals surface area (Å²) in [7, 11) is 0. The summed E-state index contributed by atoms with van der Waals surface area (Å²) >= 11 is 0. The normalized spacial score (nSPS) is 22.1. The molecule has 0 aromatic heterocycles. The molecule has 1 fully saturated rings. The molecule has 47 valence electrons. The van der Waals surface area contributed by atoms with Crippen molar-refractivity contribution in [3.63, 3.8) is 0 Å². The summed E-state index contributed by atoms with van der Waals surface area (Å²) in [6, 6.07) is 0.736. The SMILES string of the molecule is CCNC1[CH]CCC1. The van der Waals surface area contributed by atoms with E-state index < -0.39 is 0 Å². The van der Waals surface area contributed by atoms with Crippen LogP contribution in [0.5, 0.6) is 0 Å². The Balaban J connectivity index is 2.06. The van der Waals surface area contributed by atoms with Crippen molar-refractivity contribution in [2.45, 2.75) is 32.2 Å². The molecule has 0 saturated heterocycles. The Morgan fingerprint density at radius 2 is 2.62 bits per heavy atom. The Morgan fingerprint density at radius 1 is 1.75 bits per heavy atom. The van der Waals surface area contributed by atoms with E-state index in [4.69, 9.17) is 0 Å². The third-order valence-corrected chi connectivity index (χ3v) is 1.64. The summed E-state index contributed by atoms with van der Waals surface area (Å²) in [5.74, 6) is 0. The molecule has 1 aliphatic rings. The zero-order valence-electron chi connectivity index (χ0n) is 5.48. The van der Waals surface area contributed by atoms with Gasteiger partial charge in [-0.05, 0) is 25.8 Å². The van der Waals surface area contributed by atoms with Crippen LogP contribution in [0.4, 0.5) is 0 Å². The zero-order chi connectivity index (χ0) is 5.82. The number of rotatable bonds is 2. The van der Waals surface area contributed by atoms with Gasteiger partial charge in [0.1, 0.15) is 0 Å². The fourth-order valence-corrected chi connectivity index (χ4v) is 1.22. The van der Waals surface area contributed by atoms with Crippen LogP contribution in [0.15, 0.2) is 0 Å². The van der Waals surface area contributed by atoms with Crippen LogP contribution in [-0.2, 0) is 0 Å². The van der Waals surface area contributed by atoms with Gasteiger partial charge >= 0.3 is 0 Å². The smallest absolute Gasteiger partial charge is 0.00984 e. The molecule has 1 radical (unpaired) electrons. The molecular formula is C7H14N. The third-order valence-electron chi connectivity index (χ3n) is 1.64. The van der Waals surface area contributed by atoms with Crippen LogP contribution in [0, 0.1) is 6.42 Å². The van der Waals surface area contributed by atoms with Gasteiger partial charge in [-0.25, -0.2) is 0 Å². The fraction of sp³-hybridized carbons (Fsp3) is 0.857. The van der Waals surface area contributed by atoms with Gasteiger partial charge in [-0.3, -0.25) is 0 Å². The van der Waals surface area contributed by atoms with Crippen LogP contribution >= 0.6 is 0 Å². The quantitative estimate of drug-likeness (QED) is 0.568. The van der Waals surface area contributed by atoms with Crippen LogP contribution in [0.25, 0.3) is 0 Å². The van der Waals surface area contributed by atoms with Crippen molar-refractivity contribution in [3.05, 3.63) is 6.42 Å². The number of hydrogen-bond acceptors (Lipinski definition) is 1. The lowest BCUT2D eigenvalue weighted by Gasteiger charge is -2.06. The minimum Gasteiger partial charge on any atom is -0.314 e. The Morgan fingerprint density at radius 3 is 3.12 bits per heavy atom. The summed E-state index contributed by atoms with van der Waals surface area (Å²) in [5.41, 5.74) is 0. The van der Waals surface area contributed by atoms with Crippen molar-refractivity contribution in [2.75, 3.05) is 6.54 Å². The first-order valence-corrected chi connectivity index (χ1v) is 3.50. The predicted molar refractivity (Wildman–Crippen MR) is 35.6 cm³/mol. The van der Waals surface area contributed by atoms with E-state index in [2.05, 4.69) is 18.7 Å². The van der Waals surface area contributed by atoms with Crippen molar-refractivity contribution in [1.29, 1.82) is 0 Å². The first-order chi connectivity index (χ1) is 3.93. The van der Waals surface area contributed by atoms with E-state index in [1.54, 1.807) is 0 Å². The maximum Gasteiger partial charge on any atom is 0.00984 e. The second-order valence-corrected chi connectivity index (χ2v) is 2.33. The Kier molecular flexibility index (Phi) is 2.34. The molecule has 0 amide bonds. The third kappa shape index (κ3) is 1.48. The van der Waals surface area contributed by atoms with Crippen molar-refractivity contribution in [1.82, 2.24) is 5.32 Å². The fourth-order valence-electron chi connectivity index (χ4n) is 1.22. The van der Waals surface area contributed by atoms with Crippen molar-refractivity contribution in [2.24, 2.45) is 0 Å². The highest BCUT2D eigenvalue weighted by molar-refractivity contribution is 4.88. The van der Waals surface area contributed by atoms with Gasteiger partial charge in [0.15, 0.2) is 0 Å². The molecule has 1 heteroatoms. The van der Waals surface area contributed by atoms with Crippen LogP contribution in [0.3, 0.4) is 0 Å². The second-order valence-electron chi connectivity index (χ2n) is 2.33. The average molecular weight is 112 g/mol. The van der Waals surface area contributed by atoms with Crippen molar-refractivity contribution in [3.8, 4) is 0 Å². The molecule has 1 unspecified atom stereocenters. The van der Waals surface area contributed by atoms with Gasteiger partial charge in [0.25, 0.3) is 0 Å². The van der Waals surface area contributed by atoms with Gasteiger partial charge in [0, 0.05) is 6.04 Å². The van der Waals surface area contributed by atoms with E-state index >= 15 is 0 Å². The lowest BCUT2D eigenvalue weighted by Crippen LogP contribution is -2.25. The number of hydrogen-bond donors (Lipinski definition) is 1. The second kappa shape index (κ2) is 3.08. The number of nitrogens with one attached hydrogen (secondary N) is 1. The van der Waals surface area contributed by atoms with Gasteiger partial charge in [-0.2, -0.15) is 0 Å². The highest BCUT2D eigenvalue weighted by atomic mass is 14.9. The molecule has 1 nitrogen and oxygen atoms in total. The van der Waals surface area contributed by atoms with Crippen molar-refractivity contribution < 1.29 is 0 Å². The maximum absolute atomic E-state index is 3.39. The largest absolute Gasteiger partial charge is 0.314 e. The molecule has 0 bridgehead atoms. The monoisotopic (exact) mass is 112 g/mol. The molecule has 1 aliphatic carbocycles. The van der Waals surface area contributed by atoms with Gasteiger partial charge < -0.3 is 5.32 Å². The molecule has 1 atom stereocenters. The lowest BCUT2D eigenvalue weighted by atomic mass is 10.2. The Labute approximate surface area is 51.5 Å². The summed E-state index contributed by atoms with van der Waals surface area (Å²) < 4.78 is 0. The van der Waals surface area contributed by atoms with E-state index in [9.17, 15) is 0 Å². The minimum atomic E-state index is 0.736. The molecule has 0 aliphatic heterocycles. The average Bonchev–Trinajstić information content (AvgIpc) is 2.19. The molecule has 0 aromatic carbocycles. The van der Waals surface area contributed by atoms with Crippen LogP contribution < -0.4 is 5.32 Å². The highest BCUT2D eigenvalue weighted by Gasteiger charge is 2.12. The lowest BCUT2D eigenvalue weighted by molar-refractivity contribution is 0.596. The Hall–Kier alpha value is -0.0400. The van der Waals surface area contributed by atoms with E-state index in [1.807, 2.05) is 0 Å². The highest BCUT2D eigenvalue weighted by Crippen LogP contribution is 2.15. The molecule has 1 N–H and O–H groups in total. The topological polar surface area (TPSA) is 12.0 Å². The van der Waals surface area contributed by atoms with Gasteiger partial charge in [-0.1, -0.05) is 13.3 Å². The van der Waals surface area contributed by atoms with E-state index in [-0.39, 0.29) is 0 Å². The van der Waals surface area contributed by atoms with Gasteiger partial charge in [-0.15, -0.1) is 0 Å². The van der Waals surface area contributed by atoms with Gasteiger partial charge in [0.2, 0.25) is 0 Å². The van der Waals surface area contributed by atoms with Gasteiger partial charge in [0.05, 0.1) is 0 Å². The summed E-state index contributed by atoms with van der Waals surface area (Å²) in [6.07, 6.45) is 6.44. The molecule has 8 heavy (non-hydrogen) atoms. The van der Waals surface area contributed by atoms with E-state index in [0.29, 0.717) is 0 Å². The van der Waals surface area contributed by atoms with Crippen molar-refractivity contribution >= 4 is 0 Å². The molecule has 0 heterocycles. The van der Waals surface area contributed by atoms with Crippen LogP contribution in [0.1, 0.15) is 26.2 Å². The molecule has 0 spiro atoms. The summed E-state index contributed by atoms with van der Waals surface area (Å²) in [4.78, 5) is 0. The van der Waals surface area contributed by atoms with Crippen LogP contribution in [0.2, 0.25) is 0 Å². The van der Waals surface area contributed by atoms with E-state index in [0.717, 1.165) is 12.6 Å². The zero-order valence-corrected chi connectivity index (χ0v) is 5.48. The summed E-state index contributed by atoms with van der Waals surface area (Å²) in [5, 5.41) is 3.39. The first kappa shape index (κ1) is 6.09. The standard InChI is InChI=1S/C7H14N/c1-2-8-7-5-3-4-6-7/h5,7-8H,2-4,6H2,1H3. The minimum absolute atomic E-state index is 0.736. The maximum atomic E-state index is 3.39. The molecule has 1 rings (SSSR count). The molecule has 1 saturated carbocycles. The molecule has 0 aromatic rings. The molecular weight excluding hydrogens is 98.1 g/mol. The summed E-state index contributed by atoms with van der Waals surface area (Å²) in [6.45, 7) is 3.27. The Bertz CT molecular complexity index is 55.4. The first-order valence-electron chi connectivity index (χ1n) is 3.50. The van der Waals surface area contributed by atoms with Crippen LogP contribution in [-0.4, -0.2) is 12.6 Å². The predicted octanol–water partition coefficient (Wildman–Crippen LogP) is 1.35. The van der Waals surface area contributed by atoms with E-state index in [1.165, 1.54) is 19.3 Å².